The number of β-amino-alcohol motifs (C(OH)–C–C–N with tert-alkyl or cyclic N) is 2. The third kappa shape index (κ3) is 6.74. The Labute approximate surface area is 284 Å². The number of nitrogens with one attached hydrogen (secondary N) is 2. The van der Waals surface area contributed by atoms with E-state index in [-0.39, 0.29) is 16.8 Å². The minimum atomic E-state index is -0.443. The largest absolute Gasteiger partial charge is 0.392 e. The van der Waals surface area contributed by atoms with Crippen molar-refractivity contribution in [1.82, 2.24) is 33.9 Å². The van der Waals surface area contributed by atoms with E-state index < -0.39 is 18.1 Å². The second-order valence-corrected chi connectivity index (χ2v) is 13.2. The average Bonchev–Trinajstić information content (AvgIpc) is 3.54. The number of halogens is 1. The Morgan fingerprint density at radius 1 is 0.854 bits per heavy atom. The van der Waals surface area contributed by atoms with Gasteiger partial charge in [-0.2, -0.15) is 0 Å². The molecule has 0 saturated heterocycles. The molecule has 48 heavy (non-hydrogen) atoms. The third-order valence-electron chi connectivity index (χ3n) is 9.10. The molecule has 6 rings (SSSR count). The molecule has 0 bridgehead atoms. The molecule has 5 heterocycles. The van der Waals surface area contributed by atoms with Gasteiger partial charge in [-0.05, 0) is 38.5 Å². The van der Waals surface area contributed by atoms with E-state index >= 15 is 0 Å². The maximum Gasteiger partial charge on any atom is 0.291 e. The van der Waals surface area contributed by atoms with Gasteiger partial charge in [0.05, 0.1) is 40.0 Å². The molecule has 2 aliphatic rings. The number of aromatic nitrogens is 5. The van der Waals surface area contributed by atoms with Gasteiger partial charge in [-0.1, -0.05) is 23.7 Å². The van der Waals surface area contributed by atoms with Crippen molar-refractivity contribution in [3.05, 3.63) is 75.5 Å². The summed E-state index contributed by atoms with van der Waals surface area (Å²) in [6.45, 7) is 9.23. The molecule has 0 unspecified atom stereocenters. The lowest BCUT2D eigenvalue weighted by atomic mass is 10.0. The van der Waals surface area contributed by atoms with Gasteiger partial charge in [0.1, 0.15) is 0 Å². The van der Waals surface area contributed by atoms with E-state index in [1.165, 1.54) is 0 Å². The summed E-state index contributed by atoms with van der Waals surface area (Å²) in [7, 11) is 3.69. The number of pyridine rings is 1. The zero-order valence-electron chi connectivity index (χ0n) is 27.9. The van der Waals surface area contributed by atoms with E-state index in [2.05, 4.69) is 35.4 Å². The minimum absolute atomic E-state index is 0.262. The molecule has 3 aromatic heterocycles. The predicted molar refractivity (Wildman–Crippen MR) is 183 cm³/mol. The second-order valence-electron chi connectivity index (χ2n) is 12.9. The first-order valence-electron chi connectivity index (χ1n) is 16.2. The molecule has 2 atom stereocenters. The van der Waals surface area contributed by atoms with E-state index in [1.54, 1.807) is 26.1 Å². The number of hydrogen-bond donors (Lipinski definition) is 4. The predicted octanol–water partition coefficient (Wildman–Crippen LogP) is 3.16. The number of aliphatic hydroxyl groups excluding tert-OH is 2. The SMILES string of the molecule is Cc1c(NC(=O)c2nc3c(n2C)CCN(C[C@H](C)O)C3)cccc1-c1nccc(NC(=O)c2nc3c(n2C)CCN(C[C@H](C)O)C3)c1Cl. The highest BCUT2D eigenvalue weighted by molar-refractivity contribution is 6.36. The fourth-order valence-electron chi connectivity index (χ4n) is 6.74. The maximum absolute atomic E-state index is 13.5. The smallest absolute Gasteiger partial charge is 0.291 e. The van der Waals surface area contributed by atoms with Crippen LogP contribution in [-0.2, 0) is 40.0 Å². The molecule has 4 N–H and O–H groups in total. The first-order valence-corrected chi connectivity index (χ1v) is 16.6. The van der Waals surface area contributed by atoms with Crippen LogP contribution in [0.2, 0.25) is 5.02 Å². The van der Waals surface area contributed by atoms with E-state index in [0.29, 0.717) is 54.6 Å². The van der Waals surface area contributed by atoms with E-state index in [1.807, 2.05) is 48.4 Å². The van der Waals surface area contributed by atoms with E-state index in [0.717, 1.165) is 54.3 Å². The number of anilines is 2. The van der Waals surface area contributed by atoms with Gasteiger partial charge >= 0.3 is 0 Å². The summed E-state index contributed by atoms with van der Waals surface area (Å²) < 4.78 is 3.66. The first-order chi connectivity index (χ1) is 22.9. The van der Waals surface area contributed by atoms with Crippen LogP contribution in [0.5, 0.6) is 0 Å². The number of fused-ring (bicyclic) bond motifs is 2. The van der Waals surface area contributed by atoms with Gasteiger partial charge in [-0.3, -0.25) is 24.4 Å². The van der Waals surface area contributed by atoms with Crippen LogP contribution >= 0.6 is 11.6 Å². The second kappa shape index (κ2) is 13.8. The number of benzene rings is 1. The van der Waals surface area contributed by atoms with Crippen LogP contribution in [0, 0.1) is 6.92 Å². The van der Waals surface area contributed by atoms with Crippen LogP contribution in [0.25, 0.3) is 11.3 Å². The highest BCUT2D eigenvalue weighted by atomic mass is 35.5. The lowest BCUT2D eigenvalue weighted by Crippen LogP contribution is -2.36. The van der Waals surface area contributed by atoms with Gasteiger partial charge in [0.2, 0.25) is 0 Å². The van der Waals surface area contributed by atoms with Gasteiger partial charge in [0.25, 0.3) is 11.8 Å². The molecule has 4 aromatic rings. The number of carbonyl (C=O) groups is 2. The van der Waals surface area contributed by atoms with Crippen molar-refractivity contribution in [1.29, 1.82) is 0 Å². The van der Waals surface area contributed by atoms with Crippen LogP contribution in [0.15, 0.2) is 30.5 Å². The van der Waals surface area contributed by atoms with Crippen molar-refractivity contribution in [3.63, 3.8) is 0 Å². The summed E-state index contributed by atoms with van der Waals surface area (Å²) in [5.74, 6) is -0.129. The molecule has 0 fully saturated rings. The summed E-state index contributed by atoms with van der Waals surface area (Å²) in [6, 6.07) is 7.14. The fraction of sp³-hybridized carbons (Fsp3) is 0.441. The van der Waals surface area contributed by atoms with Crippen LogP contribution in [0.3, 0.4) is 0 Å². The molecule has 0 radical (unpaired) electrons. The molecule has 2 amide bonds. The highest BCUT2D eigenvalue weighted by Crippen LogP contribution is 2.36. The normalized spacial score (nSPS) is 16.2. The number of amides is 2. The molecule has 0 aliphatic carbocycles. The number of rotatable bonds is 9. The monoisotopic (exact) mass is 675 g/mol. The summed E-state index contributed by atoms with van der Waals surface area (Å²) in [5.41, 5.74) is 6.59. The average molecular weight is 676 g/mol. The molecule has 2 aliphatic heterocycles. The molecular weight excluding hydrogens is 634 g/mol. The molecule has 0 saturated carbocycles. The van der Waals surface area contributed by atoms with Crippen LogP contribution in [0.4, 0.5) is 11.4 Å². The van der Waals surface area contributed by atoms with Gasteiger partial charge in [0, 0.05) is 95.0 Å². The standard InChI is InChI=1S/C34H42ClN9O4/c1-19(45)15-43-13-10-27-25(17-43)37-31(41(27)4)33(47)39-23-8-6-7-22(21(23)3)30-29(35)24(9-12-36-30)40-34(48)32-38-26-18-44(16-20(2)46)14-11-28(26)42(32)5/h6-9,12,19-20,45-46H,10-11,13-18H2,1-5H3,(H,39,47)(H,36,40,48)/t19-,20-/m0/s1. The summed E-state index contributed by atoms with van der Waals surface area (Å²) >= 11 is 6.88. The van der Waals surface area contributed by atoms with Gasteiger partial charge < -0.3 is 30.0 Å². The van der Waals surface area contributed by atoms with Crippen molar-refractivity contribution in [2.24, 2.45) is 14.1 Å². The lowest BCUT2D eigenvalue weighted by molar-refractivity contribution is 0.100. The van der Waals surface area contributed by atoms with Crippen LogP contribution < -0.4 is 10.6 Å². The number of imidazole rings is 2. The van der Waals surface area contributed by atoms with Gasteiger partial charge in [-0.15, -0.1) is 0 Å². The fourth-order valence-corrected chi connectivity index (χ4v) is 7.00. The maximum atomic E-state index is 13.5. The minimum Gasteiger partial charge on any atom is -0.392 e. The Morgan fingerprint density at radius 2 is 1.38 bits per heavy atom. The summed E-state index contributed by atoms with van der Waals surface area (Å²) in [5, 5.41) is 25.8. The van der Waals surface area contributed by atoms with Gasteiger partial charge in [0.15, 0.2) is 11.6 Å². The van der Waals surface area contributed by atoms with Crippen molar-refractivity contribution in [2.75, 3.05) is 36.8 Å². The Hall–Kier alpha value is -4.14. The molecular formula is C34H42ClN9O4. The first kappa shape index (κ1) is 33.7. The number of carbonyl (C=O) groups excluding carboxylic acids is 2. The van der Waals surface area contributed by atoms with Crippen molar-refractivity contribution in [2.45, 2.75) is 58.9 Å². The highest BCUT2D eigenvalue weighted by Gasteiger charge is 2.28. The lowest BCUT2D eigenvalue weighted by Gasteiger charge is -2.27. The van der Waals surface area contributed by atoms with Crippen molar-refractivity contribution >= 4 is 34.8 Å². The zero-order valence-corrected chi connectivity index (χ0v) is 28.7. The molecule has 254 valence electrons. The third-order valence-corrected chi connectivity index (χ3v) is 9.48. The van der Waals surface area contributed by atoms with E-state index in [4.69, 9.17) is 11.6 Å². The topological polar surface area (TPSA) is 154 Å². The quantitative estimate of drug-likeness (QED) is 0.210. The van der Waals surface area contributed by atoms with Crippen molar-refractivity contribution in [3.8, 4) is 11.3 Å². The Bertz CT molecular complexity index is 1730. The van der Waals surface area contributed by atoms with Crippen LogP contribution in [0.1, 0.15) is 63.4 Å². The van der Waals surface area contributed by atoms with Gasteiger partial charge in [-0.25, -0.2) is 9.97 Å². The molecule has 1 aromatic carbocycles. The van der Waals surface area contributed by atoms with E-state index in [9.17, 15) is 19.8 Å². The molecule has 14 heteroatoms. The Balaban J connectivity index is 1.20. The molecule has 13 nitrogen and oxygen atoms in total. The number of hydrogen-bond acceptors (Lipinski definition) is 9. The number of aliphatic hydroxyl groups is 2. The molecule has 0 spiro atoms. The van der Waals surface area contributed by atoms with Crippen molar-refractivity contribution < 1.29 is 19.8 Å². The van der Waals surface area contributed by atoms with Crippen LogP contribution in [-0.4, -0.2) is 94.3 Å². The zero-order chi connectivity index (χ0) is 34.3. The summed E-state index contributed by atoms with van der Waals surface area (Å²) in [4.78, 5) is 45.1. The Morgan fingerprint density at radius 3 is 1.90 bits per heavy atom. The number of nitrogens with zero attached hydrogens (tertiary/aromatic N) is 7. The Kier molecular flexibility index (Phi) is 9.68. The summed E-state index contributed by atoms with van der Waals surface area (Å²) in [6.07, 6.45) is 2.18.